The van der Waals surface area contributed by atoms with Crippen molar-refractivity contribution in [2.24, 2.45) is 0 Å². The largest absolute Gasteiger partial charge is 0.291 e. The van der Waals surface area contributed by atoms with E-state index in [1.54, 1.807) is 26.0 Å². The van der Waals surface area contributed by atoms with Crippen LogP contribution in [0.15, 0.2) is 36.7 Å². The number of halogens is 3. The number of carbonyl (C=O) groups is 1. The maximum Gasteiger partial charge on any atom is 0.282 e. The number of anilines is 1. The molecular formula is C17H17F3N6O. The lowest BCUT2D eigenvalue weighted by molar-refractivity contribution is -0.119. The molecule has 1 N–H and O–H groups in total. The number of hydrogen-bond donors (Lipinski definition) is 1. The molecule has 2 heterocycles. The van der Waals surface area contributed by atoms with Crippen LogP contribution in [0.4, 0.5) is 19.1 Å². The van der Waals surface area contributed by atoms with Crippen molar-refractivity contribution >= 4 is 11.9 Å². The second kappa shape index (κ2) is 7.60. The first-order chi connectivity index (χ1) is 12.8. The number of hydrogen-bond acceptors (Lipinski definition) is 4. The first-order valence-corrected chi connectivity index (χ1v) is 8.12. The molecule has 142 valence electrons. The summed E-state index contributed by atoms with van der Waals surface area (Å²) in [4.78, 5) is 16.4. The predicted molar refractivity (Wildman–Crippen MR) is 90.8 cm³/mol. The highest BCUT2D eigenvalue weighted by atomic mass is 19.3. The summed E-state index contributed by atoms with van der Waals surface area (Å²) in [5.74, 6) is -0.738. The zero-order valence-corrected chi connectivity index (χ0v) is 14.6. The number of nitrogens with zero attached hydrogens (tertiary/aromatic N) is 5. The monoisotopic (exact) mass is 378 g/mol. The van der Waals surface area contributed by atoms with Crippen molar-refractivity contribution in [3.63, 3.8) is 0 Å². The van der Waals surface area contributed by atoms with E-state index in [4.69, 9.17) is 0 Å². The Balaban J connectivity index is 1.65. The Labute approximate surface area is 152 Å². The Bertz CT molecular complexity index is 935. The SMILES string of the molecule is Cc1cc(C(F)F)nn1C(C)C(=O)Nc1ncn(Cc2ccc(F)cc2)n1. The van der Waals surface area contributed by atoms with Gasteiger partial charge in [-0.1, -0.05) is 12.1 Å². The van der Waals surface area contributed by atoms with E-state index in [-0.39, 0.29) is 17.5 Å². The molecule has 0 saturated heterocycles. The molecule has 0 aliphatic heterocycles. The molecule has 0 fully saturated rings. The predicted octanol–water partition coefficient (Wildman–Crippen LogP) is 3.11. The van der Waals surface area contributed by atoms with E-state index < -0.39 is 18.4 Å². The summed E-state index contributed by atoms with van der Waals surface area (Å²) in [6, 6.07) is 6.36. The number of amides is 1. The maximum absolute atomic E-state index is 12.9. The Morgan fingerprint density at radius 3 is 2.56 bits per heavy atom. The minimum absolute atomic E-state index is 0.0767. The number of carbonyl (C=O) groups excluding carboxylic acids is 1. The Morgan fingerprint density at radius 1 is 1.22 bits per heavy atom. The van der Waals surface area contributed by atoms with Gasteiger partial charge in [0.25, 0.3) is 12.3 Å². The minimum Gasteiger partial charge on any atom is -0.291 e. The van der Waals surface area contributed by atoms with E-state index in [0.29, 0.717) is 12.2 Å². The van der Waals surface area contributed by atoms with Gasteiger partial charge in [0.2, 0.25) is 5.95 Å². The van der Waals surface area contributed by atoms with Crippen molar-refractivity contribution in [3.8, 4) is 0 Å². The summed E-state index contributed by atoms with van der Waals surface area (Å²) in [6.45, 7) is 3.49. The van der Waals surface area contributed by atoms with Gasteiger partial charge in [0.15, 0.2) is 0 Å². The standard InChI is InChI=1S/C17H17F3N6O/c1-10-7-14(15(19)20)23-26(10)11(2)16(27)22-17-21-9-25(24-17)8-12-3-5-13(18)6-4-12/h3-7,9,11,15H,8H2,1-2H3,(H,22,24,27). The Morgan fingerprint density at radius 2 is 1.93 bits per heavy atom. The van der Waals surface area contributed by atoms with Gasteiger partial charge in [0, 0.05) is 5.69 Å². The highest BCUT2D eigenvalue weighted by Crippen LogP contribution is 2.20. The molecule has 0 aliphatic rings. The molecule has 3 aromatic rings. The molecule has 27 heavy (non-hydrogen) atoms. The lowest BCUT2D eigenvalue weighted by Crippen LogP contribution is -2.26. The van der Waals surface area contributed by atoms with Crippen molar-refractivity contribution in [3.05, 3.63) is 59.4 Å². The van der Waals surface area contributed by atoms with Crippen molar-refractivity contribution in [1.29, 1.82) is 0 Å². The molecule has 1 unspecified atom stereocenters. The first-order valence-electron chi connectivity index (χ1n) is 8.12. The minimum atomic E-state index is -2.70. The molecule has 2 aromatic heterocycles. The van der Waals surface area contributed by atoms with Gasteiger partial charge in [-0.25, -0.2) is 22.8 Å². The fourth-order valence-corrected chi connectivity index (χ4v) is 2.54. The van der Waals surface area contributed by atoms with Crippen LogP contribution in [0.25, 0.3) is 0 Å². The average molecular weight is 378 g/mol. The number of aromatic nitrogens is 5. The van der Waals surface area contributed by atoms with Crippen LogP contribution in [0, 0.1) is 12.7 Å². The summed E-state index contributed by atoms with van der Waals surface area (Å²) in [5.41, 5.74) is 0.885. The lowest BCUT2D eigenvalue weighted by atomic mass is 10.2. The molecule has 1 amide bonds. The van der Waals surface area contributed by atoms with Crippen LogP contribution < -0.4 is 5.32 Å². The smallest absolute Gasteiger partial charge is 0.282 e. The third-order valence-corrected chi connectivity index (χ3v) is 3.94. The number of benzene rings is 1. The molecule has 0 aliphatic carbocycles. The number of nitrogens with one attached hydrogen (secondary N) is 1. The average Bonchev–Trinajstić information content (AvgIpc) is 3.23. The van der Waals surface area contributed by atoms with E-state index in [9.17, 15) is 18.0 Å². The van der Waals surface area contributed by atoms with Gasteiger partial charge in [0.1, 0.15) is 23.9 Å². The quantitative estimate of drug-likeness (QED) is 0.715. The summed E-state index contributed by atoms with van der Waals surface area (Å²) in [5, 5.41) is 10.4. The van der Waals surface area contributed by atoms with Crippen LogP contribution in [0.3, 0.4) is 0 Å². The Hall–Kier alpha value is -3.17. The normalized spacial score (nSPS) is 12.4. The van der Waals surface area contributed by atoms with Crippen LogP contribution >= 0.6 is 0 Å². The van der Waals surface area contributed by atoms with E-state index in [1.807, 2.05) is 0 Å². The van der Waals surface area contributed by atoms with Crippen LogP contribution in [0.5, 0.6) is 0 Å². The second-order valence-electron chi connectivity index (χ2n) is 6.01. The number of rotatable bonds is 6. The number of aryl methyl sites for hydroxylation is 1. The zero-order valence-electron chi connectivity index (χ0n) is 14.6. The van der Waals surface area contributed by atoms with E-state index in [0.717, 1.165) is 5.56 Å². The highest BCUT2D eigenvalue weighted by molar-refractivity contribution is 5.91. The van der Waals surface area contributed by atoms with Gasteiger partial charge >= 0.3 is 0 Å². The van der Waals surface area contributed by atoms with Crippen LogP contribution in [0.2, 0.25) is 0 Å². The van der Waals surface area contributed by atoms with Gasteiger partial charge < -0.3 is 0 Å². The van der Waals surface area contributed by atoms with Crippen LogP contribution in [-0.4, -0.2) is 30.5 Å². The van der Waals surface area contributed by atoms with E-state index in [1.165, 1.54) is 33.9 Å². The molecule has 10 heteroatoms. The third-order valence-electron chi connectivity index (χ3n) is 3.94. The molecule has 0 bridgehead atoms. The van der Waals surface area contributed by atoms with Crippen LogP contribution in [0.1, 0.15) is 36.3 Å². The van der Waals surface area contributed by atoms with Crippen LogP contribution in [-0.2, 0) is 11.3 Å². The fourth-order valence-electron chi connectivity index (χ4n) is 2.54. The maximum atomic E-state index is 12.9. The van der Waals surface area contributed by atoms with Gasteiger partial charge in [-0.15, -0.1) is 5.10 Å². The topological polar surface area (TPSA) is 77.6 Å². The number of alkyl halides is 2. The van der Waals surface area contributed by atoms with Gasteiger partial charge in [0.05, 0.1) is 6.54 Å². The first kappa shape index (κ1) is 18.6. The van der Waals surface area contributed by atoms with Gasteiger partial charge in [-0.3, -0.25) is 14.8 Å². The van der Waals surface area contributed by atoms with E-state index >= 15 is 0 Å². The zero-order chi connectivity index (χ0) is 19.6. The fraction of sp³-hybridized carbons (Fsp3) is 0.294. The molecule has 0 radical (unpaired) electrons. The van der Waals surface area contributed by atoms with Gasteiger partial charge in [-0.05, 0) is 37.6 Å². The third kappa shape index (κ3) is 4.33. The van der Waals surface area contributed by atoms with Crippen molar-refractivity contribution in [1.82, 2.24) is 24.5 Å². The summed E-state index contributed by atoms with van der Waals surface area (Å²) < 4.78 is 41.2. The molecule has 3 rings (SSSR count). The second-order valence-corrected chi connectivity index (χ2v) is 6.01. The van der Waals surface area contributed by atoms with Crippen molar-refractivity contribution in [2.75, 3.05) is 5.32 Å². The molecule has 0 spiro atoms. The molecular weight excluding hydrogens is 361 g/mol. The summed E-state index contributed by atoms with van der Waals surface area (Å²) in [6.07, 6.45) is -1.28. The molecule has 7 nitrogen and oxygen atoms in total. The molecule has 0 saturated carbocycles. The van der Waals surface area contributed by atoms with Crippen molar-refractivity contribution < 1.29 is 18.0 Å². The van der Waals surface area contributed by atoms with E-state index in [2.05, 4.69) is 20.5 Å². The summed E-state index contributed by atoms with van der Waals surface area (Å²) >= 11 is 0. The molecule has 1 atom stereocenters. The van der Waals surface area contributed by atoms with Crippen molar-refractivity contribution in [2.45, 2.75) is 32.9 Å². The highest BCUT2D eigenvalue weighted by Gasteiger charge is 2.22. The molecule has 1 aromatic carbocycles. The summed E-state index contributed by atoms with van der Waals surface area (Å²) in [7, 11) is 0. The lowest BCUT2D eigenvalue weighted by Gasteiger charge is -2.12. The van der Waals surface area contributed by atoms with Gasteiger partial charge in [-0.2, -0.15) is 5.10 Å². The Kier molecular flexibility index (Phi) is 5.24.